The first-order valence-electron chi connectivity index (χ1n) is 10.9. The number of carbonyl (C=O) groups excluding carboxylic acids is 2. The van der Waals surface area contributed by atoms with Gasteiger partial charge in [-0.15, -0.1) is 0 Å². The molecule has 0 aromatic heterocycles. The third-order valence-corrected chi connectivity index (χ3v) is 5.22. The number of alkyl halides is 3. The van der Waals surface area contributed by atoms with E-state index in [9.17, 15) is 22.8 Å². The van der Waals surface area contributed by atoms with Gasteiger partial charge in [-0.05, 0) is 39.0 Å². The molecule has 0 saturated carbocycles. The monoisotopic (exact) mass is 452 g/mol. The fourth-order valence-electron chi connectivity index (χ4n) is 3.73. The van der Waals surface area contributed by atoms with Crippen LogP contribution in [0.4, 0.5) is 13.2 Å². The van der Waals surface area contributed by atoms with E-state index in [-0.39, 0.29) is 32.3 Å². The first-order valence-corrected chi connectivity index (χ1v) is 10.9. The second kappa shape index (κ2) is 13.5. The lowest BCUT2D eigenvalue weighted by molar-refractivity contribution is -0.164. The number of halogens is 3. The average Bonchev–Trinajstić information content (AvgIpc) is 3.12. The lowest BCUT2D eigenvalue weighted by Crippen LogP contribution is -2.39. The fourth-order valence-corrected chi connectivity index (χ4v) is 3.73. The highest BCUT2D eigenvalue weighted by molar-refractivity contribution is 5.97. The van der Waals surface area contributed by atoms with Crippen LogP contribution in [-0.2, 0) is 23.8 Å². The Morgan fingerprint density at radius 2 is 1.74 bits per heavy atom. The van der Waals surface area contributed by atoms with Crippen LogP contribution < -0.4 is 0 Å². The summed E-state index contributed by atoms with van der Waals surface area (Å²) in [6.45, 7) is 5.75. The van der Waals surface area contributed by atoms with Gasteiger partial charge in [-0.1, -0.05) is 19.8 Å². The van der Waals surface area contributed by atoms with Crippen LogP contribution >= 0.6 is 0 Å². The predicted octanol–water partition coefficient (Wildman–Crippen LogP) is 3.95. The Labute approximate surface area is 182 Å². The molecule has 1 saturated heterocycles. The molecular weight excluding hydrogens is 417 g/mol. The number of hydrogen-bond acceptors (Lipinski definition) is 7. The number of unbranched alkanes of at least 4 members (excludes halogenated alkanes) is 1. The molecule has 1 aliphatic rings. The van der Waals surface area contributed by atoms with Crippen LogP contribution in [0, 0.1) is 11.8 Å². The summed E-state index contributed by atoms with van der Waals surface area (Å²) in [6, 6.07) is -0.234. The third kappa shape index (κ3) is 8.66. The summed E-state index contributed by atoms with van der Waals surface area (Å²) < 4.78 is 56.8. The number of hydrogen-bond donors (Lipinski definition) is 0. The molecule has 1 rings (SSSR count). The summed E-state index contributed by atoms with van der Waals surface area (Å²) in [6.07, 6.45) is -2.35. The van der Waals surface area contributed by atoms with E-state index in [4.69, 9.17) is 14.2 Å². The van der Waals surface area contributed by atoms with Gasteiger partial charge in [-0.25, -0.2) is 0 Å². The number of ether oxygens (including phenoxy) is 3. The molecule has 2 atom stereocenters. The first kappa shape index (κ1) is 27.2. The van der Waals surface area contributed by atoms with Gasteiger partial charge in [-0.2, -0.15) is 18.3 Å². The molecule has 0 radical (unpaired) electrons. The van der Waals surface area contributed by atoms with Crippen LogP contribution in [0.15, 0.2) is 5.10 Å². The zero-order valence-electron chi connectivity index (χ0n) is 18.9. The molecule has 31 heavy (non-hydrogen) atoms. The van der Waals surface area contributed by atoms with Crippen molar-refractivity contribution in [3.63, 3.8) is 0 Å². The van der Waals surface area contributed by atoms with Crippen molar-refractivity contribution in [2.75, 3.05) is 33.5 Å². The van der Waals surface area contributed by atoms with Gasteiger partial charge in [-0.3, -0.25) is 14.6 Å². The number of esters is 2. The smallest absolute Gasteiger partial charge is 0.431 e. The predicted molar refractivity (Wildman–Crippen MR) is 109 cm³/mol. The molecule has 0 aromatic rings. The van der Waals surface area contributed by atoms with Gasteiger partial charge < -0.3 is 14.2 Å². The van der Waals surface area contributed by atoms with E-state index in [1.165, 1.54) is 12.1 Å². The molecule has 0 N–H and O–H groups in total. The Morgan fingerprint density at radius 1 is 1.13 bits per heavy atom. The lowest BCUT2D eigenvalue weighted by atomic mass is 9.83. The maximum Gasteiger partial charge on any atom is 0.431 e. The summed E-state index contributed by atoms with van der Waals surface area (Å²) in [7, 11) is 1.49. The highest BCUT2D eigenvalue weighted by atomic mass is 19.4. The molecule has 0 unspecified atom stereocenters. The van der Waals surface area contributed by atoms with Crippen molar-refractivity contribution in [1.82, 2.24) is 5.01 Å². The summed E-state index contributed by atoms with van der Waals surface area (Å²) in [5.41, 5.74) is -1.00. The molecule has 7 nitrogen and oxygen atoms in total. The van der Waals surface area contributed by atoms with Gasteiger partial charge in [0.15, 0.2) is 5.92 Å². The number of methoxy groups -OCH3 is 1. The van der Waals surface area contributed by atoms with E-state index >= 15 is 0 Å². The van der Waals surface area contributed by atoms with Crippen LogP contribution in [-0.4, -0.2) is 68.4 Å². The number of hydrazone groups is 1. The van der Waals surface area contributed by atoms with Crippen molar-refractivity contribution in [2.24, 2.45) is 16.9 Å². The van der Waals surface area contributed by atoms with Gasteiger partial charge in [0.05, 0.1) is 25.9 Å². The number of carbonyl (C=O) groups is 2. The number of nitrogens with zero attached hydrogens (tertiary/aromatic N) is 2. The minimum atomic E-state index is -4.70. The Hall–Kier alpha value is -1.84. The van der Waals surface area contributed by atoms with E-state index in [1.54, 1.807) is 13.8 Å². The van der Waals surface area contributed by atoms with Gasteiger partial charge in [0, 0.05) is 20.1 Å². The zero-order valence-corrected chi connectivity index (χ0v) is 18.9. The highest BCUT2D eigenvalue weighted by Gasteiger charge is 2.44. The van der Waals surface area contributed by atoms with Gasteiger partial charge in [0.2, 0.25) is 0 Å². The van der Waals surface area contributed by atoms with Gasteiger partial charge in [0.25, 0.3) is 0 Å². The van der Waals surface area contributed by atoms with Crippen LogP contribution in [0.5, 0.6) is 0 Å². The standard InChI is InChI=1S/C21H35F3N2O5/c1-5-8-10-15(18(19(27)30-6-2)20(28)31-7-3)13-17(21(22,23)24)25-26-12-9-11-16(26)14-29-4/h15-16,18H,5-14H2,1-4H3/b25-17-/t15-,16+/m1/s1. The maximum absolute atomic E-state index is 13.9. The zero-order chi connectivity index (χ0) is 23.4. The van der Waals surface area contributed by atoms with Crippen molar-refractivity contribution in [1.29, 1.82) is 0 Å². The van der Waals surface area contributed by atoms with E-state index in [0.29, 0.717) is 25.8 Å². The normalized spacial score (nSPS) is 18.4. The molecule has 0 aliphatic carbocycles. The molecule has 1 fully saturated rings. The minimum Gasteiger partial charge on any atom is -0.465 e. The maximum atomic E-state index is 13.9. The molecule has 10 heteroatoms. The van der Waals surface area contributed by atoms with E-state index in [2.05, 4.69) is 5.10 Å². The van der Waals surface area contributed by atoms with Crippen molar-refractivity contribution < 1.29 is 37.0 Å². The summed E-state index contributed by atoms with van der Waals surface area (Å²) in [4.78, 5) is 25.0. The quantitative estimate of drug-likeness (QED) is 0.239. The van der Waals surface area contributed by atoms with Crippen LogP contribution in [0.2, 0.25) is 0 Å². The Bertz CT molecular complexity index is 580. The fraction of sp³-hybridized carbons (Fsp3) is 0.857. The minimum absolute atomic E-state index is 0.0158. The van der Waals surface area contributed by atoms with Gasteiger partial charge >= 0.3 is 18.1 Å². The van der Waals surface area contributed by atoms with Crippen molar-refractivity contribution in [3.8, 4) is 0 Å². The van der Waals surface area contributed by atoms with Crippen LogP contribution in [0.1, 0.15) is 59.3 Å². The second-order valence-electron chi connectivity index (χ2n) is 7.55. The van der Waals surface area contributed by atoms with Crippen LogP contribution in [0.25, 0.3) is 0 Å². The molecule has 0 spiro atoms. The Balaban J connectivity index is 3.26. The number of rotatable bonds is 13. The molecule has 0 bridgehead atoms. The van der Waals surface area contributed by atoms with E-state index in [1.807, 2.05) is 6.92 Å². The van der Waals surface area contributed by atoms with E-state index < -0.39 is 42.1 Å². The summed E-state index contributed by atoms with van der Waals surface area (Å²) in [5, 5.41) is 5.34. The third-order valence-electron chi connectivity index (χ3n) is 5.22. The van der Waals surface area contributed by atoms with Crippen molar-refractivity contribution in [3.05, 3.63) is 0 Å². The summed E-state index contributed by atoms with van der Waals surface area (Å²) in [5.74, 6) is -4.07. The summed E-state index contributed by atoms with van der Waals surface area (Å²) >= 11 is 0. The second-order valence-corrected chi connectivity index (χ2v) is 7.55. The molecular formula is C21H35F3N2O5. The molecule has 0 aromatic carbocycles. The van der Waals surface area contributed by atoms with Gasteiger partial charge in [0.1, 0.15) is 5.71 Å². The molecule has 1 heterocycles. The van der Waals surface area contributed by atoms with Crippen molar-refractivity contribution >= 4 is 17.7 Å². The largest absolute Gasteiger partial charge is 0.465 e. The first-order chi connectivity index (χ1) is 14.7. The lowest BCUT2D eigenvalue weighted by Gasteiger charge is -2.27. The Morgan fingerprint density at radius 3 is 2.23 bits per heavy atom. The Kier molecular flexibility index (Phi) is 11.9. The van der Waals surface area contributed by atoms with E-state index in [0.717, 1.165) is 6.42 Å². The SMILES string of the molecule is CCCC[C@H](C/C(=N/N1CCC[C@H]1COC)C(F)(F)F)C(C(=O)OCC)C(=O)OCC. The highest BCUT2D eigenvalue weighted by Crippen LogP contribution is 2.32. The topological polar surface area (TPSA) is 77.4 Å². The molecule has 0 amide bonds. The molecule has 180 valence electrons. The average molecular weight is 453 g/mol. The van der Waals surface area contributed by atoms with Crippen LogP contribution in [0.3, 0.4) is 0 Å². The molecule has 1 aliphatic heterocycles. The van der Waals surface area contributed by atoms with Crippen molar-refractivity contribution in [2.45, 2.75) is 71.5 Å².